The van der Waals surface area contributed by atoms with Gasteiger partial charge in [-0.1, -0.05) is 12.1 Å². The molecule has 0 saturated heterocycles. The highest BCUT2D eigenvalue weighted by molar-refractivity contribution is 5.79. The predicted molar refractivity (Wildman–Crippen MR) is 120 cm³/mol. The summed E-state index contributed by atoms with van der Waals surface area (Å²) in [6.07, 6.45) is 0. The van der Waals surface area contributed by atoms with E-state index in [1.165, 1.54) is 28.8 Å². The number of nitrogens with one attached hydrogen (secondary N) is 1. The number of benzene rings is 2. The van der Waals surface area contributed by atoms with Crippen molar-refractivity contribution in [3.8, 4) is 17.8 Å². The molecule has 0 aliphatic heterocycles. The Morgan fingerprint density at radius 2 is 1.85 bits per heavy atom. The Kier molecular flexibility index (Phi) is 5.30. The highest BCUT2D eigenvalue weighted by atomic mass is 19.1. The molecule has 0 amide bonds. The van der Waals surface area contributed by atoms with Gasteiger partial charge in [0, 0.05) is 0 Å². The second kappa shape index (κ2) is 8.24. The van der Waals surface area contributed by atoms with Gasteiger partial charge in [-0.05, 0) is 37.3 Å². The van der Waals surface area contributed by atoms with Crippen LogP contribution in [0, 0.1) is 28.5 Å². The van der Waals surface area contributed by atoms with Crippen LogP contribution in [0.1, 0.15) is 29.9 Å². The molecule has 33 heavy (non-hydrogen) atoms. The molecule has 0 fully saturated rings. The lowest BCUT2D eigenvalue weighted by atomic mass is 10.1. The maximum Gasteiger partial charge on any atom is 0.269 e. The first-order valence-electron chi connectivity index (χ1n) is 9.65. The molecule has 10 nitrogen and oxygen atoms in total. The summed E-state index contributed by atoms with van der Waals surface area (Å²) >= 11 is 0. The van der Waals surface area contributed by atoms with Gasteiger partial charge in [0.2, 0.25) is 5.95 Å². The first-order chi connectivity index (χ1) is 15.8. The van der Waals surface area contributed by atoms with Crippen molar-refractivity contribution in [1.29, 1.82) is 10.5 Å². The predicted octanol–water partition coefficient (Wildman–Crippen LogP) is 2.40. The molecule has 0 bridgehead atoms. The molecule has 4 aromatic rings. The maximum absolute atomic E-state index is 14.6. The van der Waals surface area contributed by atoms with Gasteiger partial charge >= 0.3 is 0 Å². The first-order valence-corrected chi connectivity index (χ1v) is 9.65. The van der Waals surface area contributed by atoms with Crippen LogP contribution >= 0.6 is 0 Å². The van der Waals surface area contributed by atoms with Gasteiger partial charge in [0.25, 0.3) is 5.56 Å². The highest BCUT2D eigenvalue weighted by Crippen LogP contribution is 2.25. The Bertz CT molecular complexity index is 1550. The molecule has 4 rings (SSSR count). The summed E-state index contributed by atoms with van der Waals surface area (Å²) in [6.45, 7) is 1.67. The van der Waals surface area contributed by atoms with Gasteiger partial charge in [0.1, 0.15) is 34.5 Å². The molecular weight excluding hydrogens is 425 g/mol. The topological polar surface area (TPSA) is 172 Å². The minimum atomic E-state index is -0.725. The molecular formula is C22H16FN9O. The van der Waals surface area contributed by atoms with Crippen molar-refractivity contribution in [2.45, 2.75) is 13.0 Å². The van der Waals surface area contributed by atoms with Crippen molar-refractivity contribution < 1.29 is 4.39 Å². The van der Waals surface area contributed by atoms with E-state index in [9.17, 15) is 19.7 Å². The van der Waals surface area contributed by atoms with Gasteiger partial charge in [-0.3, -0.25) is 9.36 Å². The minimum absolute atomic E-state index is 0.0248. The monoisotopic (exact) mass is 441 g/mol. The van der Waals surface area contributed by atoms with E-state index in [-0.39, 0.29) is 39.9 Å². The SMILES string of the molecule is C[C@H](Nc1nc(N)nc(N)c1C#N)c1nc2cccc(F)c2c(=O)n1-c1cccc(C#N)c1. The fraction of sp³-hybridized carbons (Fsp3) is 0.0909. The van der Waals surface area contributed by atoms with Crippen LogP contribution in [0.15, 0.2) is 47.3 Å². The molecule has 0 saturated carbocycles. The molecule has 2 aromatic heterocycles. The Morgan fingerprint density at radius 3 is 2.58 bits per heavy atom. The van der Waals surface area contributed by atoms with E-state index in [4.69, 9.17) is 11.5 Å². The second-order valence-corrected chi connectivity index (χ2v) is 7.08. The van der Waals surface area contributed by atoms with Crippen LogP contribution < -0.4 is 22.3 Å². The molecule has 0 unspecified atom stereocenters. The number of anilines is 3. The normalized spacial score (nSPS) is 11.5. The summed E-state index contributed by atoms with van der Waals surface area (Å²) in [5.41, 5.74) is 11.6. The quantitative estimate of drug-likeness (QED) is 0.430. The summed E-state index contributed by atoms with van der Waals surface area (Å²) in [5.74, 6) is -0.722. The summed E-state index contributed by atoms with van der Waals surface area (Å²) in [6, 6.07) is 13.6. The molecule has 11 heteroatoms. The summed E-state index contributed by atoms with van der Waals surface area (Å²) in [7, 11) is 0. The first kappa shape index (κ1) is 21.2. The third-order valence-electron chi connectivity index (χ3n) is 4.91. The van der Waals surface area contributed by atoms with Crippen molar-refractivity contribution >= 4 is 28.5 Å². The van der Waals surface area contributed by atoms with Crippen LogP contribution in [-0.4, -0.2) is 19.5 Å². The standard InChI is InChI=1S/C22H16FN9O/c1-11(28-19-14(10-25)18(26)30-22(27)31-19)20-29-16-7-3-6-15(23)17(16)21(33)32(20)13-5-2-4-12(8-13)9-24/h2-8,11H,1H3,(H5,26,27,28,30,31)/t11-/m0/s1. The lowest BCUT2D eigenvalue weighted by Gasteiger charge is -2.21. The van der Waals surface area contributed by atoms with Gasteiger partial charge < -0.3 is 16.8 Å². The summed E-state index contributed by atoms with van der Waals surface area (Å²) in [4.78, 5) is 25.7. The van der Waals surface area contributed by atoms with Gasteiger partial charge in [-0.15, -0.1) is 0 Å². The maximum atomic E-state index is 14.6. The van der Waals surface area contributed by atoms with E-state index in [1.54, 1.807) is 25.1 Å². The zero-order valence-electron chi connectivity index (χ0n) is 17.2. The van der Waals surface area contributed by atoms with E-state index in [0.29, 0.717) is 11.3 Å². The zero-order valence-corrected chi connectivity index (χ0v) is 17.2. The van der Waals surface area contributed by atoms with Crippen LogP contribution in [-0.2, 0) is 0 Å². The lowest BCUT2D eigenvalue weighted by Crippen LogP contribution is -2.28. The van der Waals surface area contributed by atoms with E-state index in [1.807, 2.05) is 12.1 Å². The van der Waals surface area contributed by atoms with Crippen LogP contribution in [0.2, 0.25) is 0 Å². The fourth-order valence-corrected chi connectivity index (χ4v) is 3.44. The number of halogens is 1. The molecule has 2 aromatic carbocycles. The Morgan fingerprint density at radius 1 is 1.09 bits per heavy atom. The number of hydrogen-bond donors (Lipinski definition) is 3. The van der Waals surface area contributed by atoms with Crippen LogP contribution in [0.5, 0.6) is 0 Å². The van der Waals surface area contributed by atoms with E-state index >= 15 is 0 Å². The van der Waals surface area contributed by atoms with Crippen molar-refractivity contribution in [1.82, 2.24) is 19.5 Å². The molecule has 0 spiro atoms. The minimum Gasteiger partial charge on any atom is -0.382 e. The smallest absolute Gasteiger partial charge is 0.269 e. The lowest BCUT2D eigenvalue weighted by molar-refractivity contribution is 0.635. The average Bonchev–Trinajstić information content (AvgIpc) is 2.78. The number of fused-ring (bicyclic) bond motifs is 1. The zero-order chi connectivity index (χ0) is 23.7. The molecule has 0 radical (unpaired) electrons. The number of nitrogens with two attached hydrogens (primary N) is 2. The van der Waals surface area contributed by atoms with Crippen molar-refractivity contribution in [3.05, 3.63) is 75.6 Å². The van der Waals surface area contributed by atoms with Gasteiger partial charge in [-0.2, -0.15) is 20.5 Å². The van der Waals surface area contributed by atoms with Crippen LogP contribution in [0.4, 0.5) is 22.0 Å². The number of nitriles is 2. The number of nitrogens with zero attached hydrogens (tertiary/aromatic N) is 6. The third kappa shape index (κ3) is 3.75. The van der Waals surface area contributed by atoms with Gasteiger partial charge in [0.15, 0.2) is 5.82 Å². The summed E-state index contributed by atoms with van der Waals surface area (Å²) < 4.78 is 15.8. The Hall–Kier alpha value is -5.03. The van der Waals surface area contributed by atoms with Gasteiger partial charge in [0.05, 0.1) is 28.9 Å². The molecule has 5 N–H and O–H groups in total. The largest absolute Gasteiger partial charge is 0.382 e. The highest BCUT2D eigenvalue weighted by Gasteiger charge is 2.22. The number of rotatable bonds is 4. The summed E-state index contributed by atoms with van der Waals surface area (Å²) in [5, 5.41) is 21.5. The molecule has 0 aliphatic carbocycles. The van der Waals surface area contributed by atoms with E-state index in [2.05, 4.69) is 20.3 Å². The number of hydrogen-bond acceptors (Lipinski definition) is 9. The molecule has 0 aliphatic rings. The second-order valence-electron chi connectivity index (χ2n) is 7.08. The number of aromatic nitrogens is 4. The Balaban J connectivity index is 1.96. The molecule has 1 atom stereocenters. The Labute approximate surface area is 186 Å². The van der Waals surface area contributed by atoms with Crippen molar-refractivity contribution in [2.75, 3.05) is 16.8 Å². The van der Waals surface area contributed by atoms with E-state index in [0.717, 1.165) is 0 Å². The van der Waals surface area contributed by atoms with Gasteiger partial charge in [-0.25, -0.2) is 9.37 Å². The molecule has 162 valence electrons. The molecule has 2 heterocycles. The third-order valence-corrected chi connectivity index (χ3v) is 4.91. The van der Waals surface area contributed by atoms with Crippen LogP contribution in [0.25, 0.3) is 16.6 Å². The average molecular weight is 441 g/mol. The van der Waals surface area contributed by atoms with Crippen molar-refractivity contribution in [3.63, 3.8) is 0 Å². The fourth-order valence-electron chi connectivity index (χ4n) is 3.44. The number of nitrogen functional groups attached to an aromatic ring is 2. The van der Waals surface area contributed by atoms with E-state index < -0.39 is 17.4 Å². The van der Waals surface area contributed by atoms with Crippen LogP contribution in [0.3, 0.4) is 0 Å². The van der Waals surface area contributed by atoms with Crippen molar-refractivity contribution in [2.24, 2.45) is 0 Å².